The molecule has 0 aliphatic rings. The number of rotatable bonds is 5. The van der Waals surface area contributed by atoms with Gasteiger partial charge < -0.3 is 15.2 Å². The number of aliphatic hydroxyl groups excluding tert-OH is 1. The van der Waals surface area contributed by atoms with Crippen molar-refractivity contribution >= 4 is 5.69 Å². The predicted octanol–water partition coefficient (Wildman–Crippen LogP) is 1.38. The predicted molar refractivity (Wildman–Crippen MR) is 52.7 cm³/mol. The van der Waals surface area contributed by atoms with Crippen molar-refractivity contribution in [2.75, 3.05) is 25.6 Å². The van der Waals surface area contributed by atoms with Gasteiger partial charge in [-0.05, 0) is 12.1 Å². The summed E-state index contributed by atoms with van der Waals surface area (Å²) in [5, 5.41) is 11.9. The molecule has 0 saturated heterocycles. The zero-order valence-corrected chi connectivity index (χ0v) is 8.34. The second kappa shape index (κ2) is 5.63. The van der Waals surface area contributed by atoms with Crippen molar-refractivity contribution in [3.05, 3.63) is 29.8 Å². The number of aliphatic hydroxyl groups is 1. The van der Waals surface area contributed by atoms with Crippen LogP contribution in [0, 0.1) is 11.6 Å². The zero-order chi connectivity index (χ0) is 11.3. The average Bonchev–Trinajstić information content (AvgIpc) is 2.21. The van der Waals surface area contributed by atoms with Gasteiger partial charge in [0.1, 0.15) is 0 Å². The Morgan fingerprint density at radius 2 is 2.20 bits per heavy atom. The van der Waals surface area contributed by atoms with Crippen molar-refractivity contribution < 1.29 is 18.6 Å². The minimum atomic E-state index is -0.942. The van der Waals surface area contributed by atoms with Gasteiger partial charge in [-0.15, -0.1) is 0 Å². The van der Waals surface area contributed by atoms with E-state index >= 15 is 0 Å². The molecular weight excluding hydrogens is 204 g/mol. The van der Waals surface area contributed by atoms with Crippen LogP contribution in [0.4, 0.5) is 14.5 Å². The summed E-state index contributed by atoms with van der Waals surface area (Å²) in [6, 6.07) is 3.83. The van der Waals surface area contributed by atoms with Crippen LogP contribution in [-0.2, 0) is 4.74 Å². The molecule has 0 aliphatic carbocycles. The molecule has 2 N–H and O–H groups in total. The Hall–Kier alpha value is -1.20. The van der Waals surface area contributed by atoms with E-state index in [1.54, 1.807) is 0 Å². The summed E-state index contributed by atoms with van der Waals surface area (Å²) in [6.45, 7) is 0.248. The Labute approximate surface area is 86.7 Å². The molecule has 0 amide bonds. The Balaban J connectivity index is 2.54. The van der Waals surface area contributed by atoms with Crippen LogP contribution in [0.15, 0.2) is 18.2 Å². The maximum Gasteiger partial charge on any atom is 0.181 e. The molecule has 1 aromatic rings. The maximum atomic E-state index is 13.1. The molecule has 0 bridgehead atoms. The quantitative estimate of drug-likeness (QED) is 0.783. The number of hydrogen-bond donors (Lipinski definition) is 2. The lowest BCUT2D eigenvalue weighted by atomic mass is 10.2. The van der Waals surface area contributed by atoms with Gasteiger partial charge in [0.2, 0.25) is 0 Å². The first kappa shape index (κ1) is 11.9. The smallest absolute Gasteiger partial charge is 0.181 e. The molecule has 0 aliphatic heterocycles. The van der Waals surface area contributed by atoms with E-state index in [0.717, 1.165) is 6.07 Å². The fourth-order valence-corrected chi connectivity index (χ4v) is 1.12. The van der Waals surface area contributed by atoms with Crippen LogP contribution in [0.3, 0.4) is 0 Å². The fourth-order valence-electron chi connectivity index (χ4n) is 1.12. The van der Waals surface area contributed by atoms with Crippen LogP contribution in [0.1, 0.15) is 0 Å². The lowest BCUT2D eigenvalue weighted by Gasteiger charge is -2.12. The van der Waals surface area contributed by atoms with Crippen LogP contribution < -0.4 is 5.32 Å². The van der Waals surface area contributed by atoms with Crippen LogP contribution in [-0.4, -0.2) is 31.5 Å². The average molecular weight is 217 g/mol. The standard InChI is InChI=1S/C10H13F2NO2/c1-15-6-7(14)5-13-9-4-2-3-8(11)10(9)12/h2-4,7,13-14H,5-6H2,1H3. The van der Waals surface area contributed by atoms with Crippen molar-refractivity contribution in [3.63, 3.8) is 0 Å². The van der Waals surface area contributed by atoms with Crippen LogP contribution in [0.5, 0.6) is 0 Å². The Morgan fingerprint density at radius 3 is 2.87 bits per heavy atom. The summed E-state index contributed by atoms with van der Waals surface area (Å²) in [6.07, 6.45) is -0.752. The Bertz CT molecular complexity index is 320. The Morgan fingerprint density at radius 1 is 1.47 bits per heavy atom. The SMILES string of the molecule is COCC(O)CNc1cccc(F)c1F. The van der Waals surface area contributed by atoms with Gasteiger partial charge in [0.25, 0.3) is 0 Å². The number of hydrogen-bond acceptors (Lipinski definition) is 3. The second-order valence-electron chi connectivity index (χ2n) is 3.09. The number of ether oxygens (including phenoxy) is 1. The number of anilines is 1. The van der Waals surface area contributed by atoms with E-state index in [1.165, 1.54) is 19.2 Å². The molecule has 0 spiro atoms. The van der Waals surface area contributed by atoms with Gasteiger partial charge in [0.05, 0.1) is 18.4 Å². The second-order valence-corrected chi connectivity index (χ2v) is 3.09. The molecule has 0 saturated carbocycles. The molecule has 3 nitrogen and oxygen atoms in total. The Kier molecular flexibility index (Phi) is 4.45. The first-order valence-electron chi connectivity index (χ1n) is 4.50. The maximum absolute atomic E-state index is 13.1. The molecule has 1 aromatic carbocycles. The highest BCUT2D eigenvalue weighted by Gasteiger charge is 2.08. The minimum absolute atomic E-state index is 0.0325. The van der Waals surface area contributed by atoms with Gasteiger partial charge in [0, 0.05) is 13.7 Å². The molecule has 0 aromatic heterocycles. The number of nitrogens with one attached hydrogen (secondary N) is 1. The topological polar surface area (TPSA) is 41.5 Å². The van der Waals surface area contributed by atoms with Crippen molar-refractivity contribution in [2.45, 2.75) is 6.10 Å². The highest BCUT2D eigenvalue weighted by Crippen LogP contribution is 2.16. The fraction of sp³-hybridized carbons (Fsp3) is 0.400. The van der Waals surface area contributed by atoms with Crippen molar-refractivity contribution in [3.8, 4) is 0 Å². The summed E-state index contributed by atoms with van der Waals surface area (Å²) >= 11 is 0. The van der Waals surface area contributed by atoms with E-state index in [2.05, 4.69) is 10.1 Å². The van der Waals surface area contributed by atoms with Crippen molar-refractivity contribution in [1.82, 2.24) is 0 Å². The van der Waals surface area contributed by atoms with E-state index in [1.807, 2.05) is 0 Å². The van der Waals surface area contributed by atoms with Crippen molar-refractivity contribution in [2.24, 2.45) is 0 Å². The number of benzene rings is 1. The zero-order valence-electron chi connectivity index (χ0n) is 8.34. The van der Waals surface area contributed by atoms with E-state index in [4.69, 9.17) is 0 Å². The third-order valence-corrected chi connectivity index (χ3v) is 1.84. The summed E-state index contributed by atoms with van der Waals surface area (Å²) in [4.78, 5) is 0. The highest BCUT2D eigenvalue weighted by atomic mass is 19.2. The van der Waals surface area contributed by atoms with Gasteiger partial charge >= 0.3 is 0 Å². The van der Waals surface area contributed by atoms with Crippen LogP contribution in [0.2, 0.25) is 0 Å². The van der Waals surface area contributed by atoms with Crippen LogP contribution >= 0.6 is 0 Å². The molecule has 1 unspecified atom stereocenters. The van der Waals surface area contributed by atoms with Crippen LogP contribution in [0.25, 0.3) is 0 Å². The molecule has 1 atom stereocenters. The highest BCUT2D eigenvalue weighted by molar-refractivity contribution is 5.44. The van der Waals surface area contributed by atoms with Gasteiger partial charge in [-0.3, -0.25) is 0 Å². The molecule has 15 heavy (non-hydrogen) atoms. The number of methoxy groups -OCH3 is 1. The molecule has 5 heteroatoms. The largest absolute Gasteiger partial charge is 0.389 e. The summed E-state index contributed by atoms with van der Waals surface area (Å²) in [7, 11) is 1.45. The lowest BCUT2D eigenvalue weighted by Crippen LogP contribution is -2.24. The molecule has 0 fully saturated rings. The van der Waals surface area contributed by atoms with E-state index < -0.39 is 17.7 Å². The molecule has 1 rings (SSSR count). The van der Waals surface area contributed by atoms with Crippen molar-refractivity contribution in [1.29, 1.82) is 0 Å². The van der Waals surface area contributed by atoms with E-state index in [-0.39, 0.29) is 18.8 Å². The van der Waals surface area contributed by atoms with Gasteiger partial charge in [-0.25, -0.2) is 8.78 Å². The normalized spacial score (nSPS) is 12.5. The lowest BCUT2D eigenvalue weighted by molar-refractivity contribution is 0.0727. The van der Waals surface area contributed by atoms with Gasteiger partial charge in [0.15, 0.2) is 11.6 Å². The molecule has 0 radical (unpaired) electrons. The monoisotopic (exact) mass is 217 g/mol. The first-order chi connectivity index (χ1) is 7.15. The van der Waals surface area contributed by atoms with Gasteiger partial charge in [-0.2, -0.15) is 0 Å². The third kappa shape index (κ3) is 3.45. The summed E-state index contributed by atoms with van der Waals surface area (Å²) in [5.41, 5.74) is 0.0325. The first-order valence-corrected chi connectivity index (χ1v) is 4.50. The number of halogens is 2. The van der Waals surface area contributed by atoms with E-state index in [0.29, 0.717) is 0 Å². The summed E-state index contributed by atoms with van der Waals surface area (Å²) in [5.74, 6) is -1.86. The molecule has 0 heterocycles. The van der Waals surface area contributed by atoms with Gasteiger partial charge in [-0.1, -0.05) is 6.07 Å². The third-order valence-electron chi connectivity index (χ3n) is 1.84. The summed E-state index contributed by atoms with van der Waals surface area (Å²) < 4.78 is 30.5. The van der Waals surface area contributed by atoms with E-state index in [9.17, 15) is 13.9 Å². The molecule has 84 valence electrons. The minimum Gasteiger partial charge on any atom is -0.389 e. The molecular formula is C10H13F2NO2.